The van der Waals surface area contributed by atoms with Crippen LogP contribution in [0, 0.1) is 17.1 Å². The SMILES string of the molecule is N#CC(=Cc1cn(Cc2ccc(F)cc2)c2cc(Cl)ccc12)c1cccc(C(=O)NCc2ccc3n[nH]nc3c2)c1. The van der Waals surface area contributed by atoms with E-state index in [1.54, 1.807) is 42.5 Å². The molecular formula is C32H22ClFN6O. The monoisotopic (exact) mass is 560 g/mol. The van der Waals surface area contributed by atoms with E-state index in [9.17, 15) is 14.4 Å². The van der Waals surface area contributed by atoms with Crippen LogP contribution in [0.2, 0.25) is 5.02 Å². The van der Waals surface area contributed by atoms with Gasteiger partial charge in [0, 0.05) is 40.8 Å². The highest BCUT2D eigenvalue weighted by atomic mass is 35.5. The maximum absolute atomic E-state index is 13.4. The van der Waals surface area contributed by atoms with Crippen LogP contribution in [0.3, 0.4) is 0 Å². The number of benzene rings is 4. The summed E-state index contributed by atoms with van der Waals surface area (Å²) >= 11 is 6.31. The molecule has 4 aromatic carbocycles. The fourth-order valence-corrected chi connectivity index (χ4v) is 4.94. The summed E-state index contributed by atoms with van der Waals surface area (Å²) in [5.41, 5.74) is 6.50. The molecule has 2 aromatic heterocycles. The number of nitriles is 1. The Labute approximate surface area is 239 Å². The molecule has 0 aliphatic carbocycles. The molecule has 200 valence electrons. The number of aromatic amines is 1. The van der Waals surface area contributed by atoms with Gasteiger partial charge >= 0.3 is 0 Å². The van der Waals surface area contributed by atoms with Gasteiger partial charge in [-0.15, -0.1) is 0 Å². The van der Waals surface area contributed by atoms with Gasteiger partial charge in [-0.3, -0.25) is 4.79 Å². The van der Waals surface area contributed by atoms with Crippen molar-refractivity contribution in [2.24, 2.45) is 0 Å². The third-order valence-electron chi connectivity index (χ3n) is 6.83. The normalized spacial score (nSPS) is 11.6. The first-order chi connectivity index (χ1) is 20.0. The fraction of sp³-hybridized carbons (Fsp3) is 0.0625. The Bertz CT molecular complexity index is 1980. The van der Waals surface area contributed by atoms with E-state index in [-0.39, 0.29) is 11.7 Å². The first-order valence-electron chi connectivity index (χ1n) is 12.8. The number of aromatic nitrogens is 4. The first-order valence-corrected chi connectivity index (χ1v) is 13.2. The average Bonchev–Trinajstić information content (AvgIpc) is 3.59. The Morgan fingerprint density at radius 1 is 0.976 bits per heavy atom. The first kappa shape index (κ1) is 26.0. The molecule has 2 heterocycles. The number of allylic oxidation sites excluding steroid dienone is 1. The van der Waals surface area contributed by atoms with E-state index >= 15 is 0 Å². The van der Waals surface area contributed by atoms with Crippen molar-refractivity contribution in [3.8, 4) is 6.07 Å². The second-order valence-electron chi connectivity index (χ2n) is 9.58. The summed E-state index contributed by atoms with van der Waals surface area (Å²) in [6.45, 7) is 0.828. The molecule has 0 saturated heterocycles. The molecule has 0 saturated carbocycles. The molecule has 0 atom stereocenters. The van der Waals surface area contributed by atoms with Gasteiger partial charge in [0.05, 0.1) is 17.2 Å². The maximum Gasteiger partial charge on any atom is 0.251 e. The van der Waals surface area contributed by atoms with E-state index in [0.717, 1.165) is 38.6 Å². The molecule has 0 aliphatic rings. The molecule has 0 unspecified atom stereocenters. The van der Waals surface area contributed by atoms with Crippen molar-refractivity contribution in [2.75, 3.05) is 0 Å². The van der Waals surface area contributed by atoms with Gasteiger partial charge in [-0.05, 0) is 71.3 Å². The minimum atomic E-state index is -0.291. The zero-order chi connectivity index (χ0) is 28.3. The van der Waals surface area contributed by atoms with Crippen LogP contribution >= 0.6 is 11.6 Å². The molecule has 6 rings (SSSR count). The van der Waals surface area contributed by atoms with Crippen LogP contribution < -0.4 is 5.32 Å². The zero-order valence-corrected chi connectivity index (χ0v) is 22.4. The number of fused-ring (bicyclic) bond motifs is 2. The van der Waals surface area contributed by atoms with Crippen LogP contribution in [0.15, 0.2) is 91.1 Å². The summed E-state index contributed by atoms with van der Waals surface area (Å²) in [5, 5.41) is 25.2. The molecule has 2 N–H and O–H groups in total. The van der Waals surface area contributed by atoms with Crippen LogP contribution in [0.25, 0.3) is 33.6 Å². The number of nitrogens with zero attached hydrogens (tertiary/aromatic N) is 4. The molecule has 1 amide bonds. The fourth-order valence-electron chi connectivity index (χ4n) is 4.77. The standard InChI is InChI=1S/C32H22ClFN6O/c33-26-7-10-28-25(19-40(31(28)15-26)18-20-4-8-27(34)9-5-20)14-24(16-35)22-2-1-3-23(13-22)32(41)36-17-21-6-11-29-30(12-21)38-39-37-29/h1-15,19H,17-18H2,(H,36,41)(H,37,38,39). The largest absolute Gasteiger partial charge is 0.348 e. The predicted molar refractivity (Wildman–Crippen MR) is 157 cm³/mol. The van der Waals surface area contributed by atoms with E-state index in [4.69, 9.17) is 11.6 Å². The van der Waals surface area contributed by atoms with Gasteiger partial charge in [-0.1, -0.05) is 48.0 Å². The van der Waals surface area contributed by atoms with Gasteiger partial charge in [0.2, 0.25) is 0 Å². The summed E-state index contributed by atoms with van der Waals surface area (Å²) < 4.78 is 15.4. The zero-order valence-electron chi connectivity index (χ0n) is 21.6. The second-order valence-corrected chi connectivity index (χ2v) is 10.0. The third-order valence-corrected chi connectivity index (χ3v) is 7.07. The van der Waals surface area contributed by atoms with Gasteiger partial charge < -0.3 is 9.88 Å². The number of carbonyl (C=O) groups excluding carboxylic acids is 1. The Morgan fingerprint density at radius 2 is 1.76 bits per heavy atom. The van der Waals surface area contributed by atoms with Crippen molar-refractivity contribution in [1.29, 1.82) is 5.26 Å². The minimum Gasteiger partial charge on any atom is -0.348 e. The number of amides is 1. The predicted octanol–water partition coefficient (Wildman–Crippen LogP) is 6.75. The van der Waals surface area contributed by atoms with Crippen molar-refractivity contribution in [2.45, 2.75) is 13.1 Å². The number of hydrogen-bond donors (Lipinski definition) is 2. The number of carbonyl (C=O) groups is 1. The smallest absolute Gasteiger partial charge is 0.251 e. The Kier molecular flexibility index (Phi) is 7.02. The van der Waals surface area contributed by atoms with E-state index in [1.807, 2.05) is 47.2 Å². The highest BCUT2D eigenvalue weighted by molar-refractivity contribution is 6.31. The van der Waals surface area contributed by atoms with E-state index in [1.165, 1.54) is 12.1 Å². The maximum atomic E-state index is 13.4. The number of nitrogens with one attached hydrogen (secondary N) is 2. The highest BCUT2D eigenvalue weighted by Crippen LogP contribution is 2.29. The van der Waals surface area contributed by atoms with Gasteiger partial charge in [-0.2, -0.15) is 20.7 Å². The molecule has 0 bridgehead atoms. The molecule has 0 fully saturated rings. The second kappa shape index (κ2) is 11.1. The van der Waals surface area contributed by atoms with Gasteiger partial charge in [0.1, 0.15) is 16.9 Å². The van der Waals surface area contributed by atoms with Gasteiger partial charge in [0.15, 0.2) is 0 Å². The third kappa shape index (κ3) is 5.57. The van der Waals surface area contributed by atoms with E-state index in [0.29, 0.717) is 34.8 Å². The average molecular weight is 561 g/mol. The van der Waals surface area contributed by atoms with Gasteiger partial charge in [-0.25, -0.2) is 4.39 Å². The van der Waals surface area contributed by atoms with Crippen molar-refractivity contribution < 1.29 is 9.18 Å². The molecule has 0 aliphatic heterocycles. The van der Waals surface area contributed by atoms with Crippen LogP contribution in [-0.2, 0) is 13.1 Å². The Hall–Kier alpha value is -5.26. The van der Waals surface area contributed by atoms with Crippen LogP contribution in [0.4, 0.5) is 4.39 Å². The lowest BCUT2D eigenvalue weighted by molar-refractivity contribution is 0.0951. The van der Waals surface area contributed by atoms with Crippen LogP contribution in [-0.4, -0.2) is 25.9 Å². The lowest BCUT2D eigenvalue weighted by atomic mass is 10.0. The summed E-state index contributed by atoms with van der Waals surface area (Å²) in [5.74, 6) is -0.546. The van der Waals surface area contributed by atoms with E-state index < -0.39 is 0 Å². The molecule has 7 nitrogen and oxygen atoms in total. The highest BCUT2D eigenvalue weighted by Gasteiger charge is 2.13. The van der Waals surface area contributed by atoms with Crippen molar-refractivity contribution in [3.05, 3.63) is 130 Å². The number of halogens is 2. The topological polar surface area (TPSA) is 99.4 Å². The molecule has 41 heavy (non-hydrogen) atoms. The summed E-state index contributed by atoms with van der Waals surface area (Å²) in [7, 11) is 0. The summed E-state index contributed by atoms with van der Waals surface area (Å²) in [4.78, 5) is 13.0. The van der Waals surface area contributed by atoms with Crippen molar-refractivity contribution in [3.63, 3.8) is 0 Å². The van der Waals surface area contributed by atoms with E-state index in [2.05, 4.69) is 26.8 Å². The summed E-state index contributed by atoms with van der Waals surface area (Å²) in [6.07, 6.45) is 3.76. The molecule has 9 heteroatoms. The number of hydrogen-bond acceptors (Lipinski definition) is 4. The Morgan fingerprint density at radius 3 is 2.59 bits per heavy atom. The number of H-pyrrole nitrogens is 1. The number of rotatable bonds is 7. The molecule has 0 radical (unpaired) electrons. The van der Waals surface area contributed by atoms with Crippen molar-refractivity contribution in [1.82, 2.24) is 25.3 Å². The lowest BCUT2D eigenvalue weighted by Crippen LogP contribution is -2.22. The van der Waals surface area contributed by atoms with Crippen LogP contribution in [0.5, 0.6) is 0 Å². The lowest BCUT2D eigenvalue weighted by Gasteiger charge is -2.07. The minimum absolute atomic E-state index is 0.255. The Balaban J connectivity index is 1.27. The van der Waals surface area contributed by atoms with Crippen LogP contribution in [0.1, 0.15) is 32.6 Å². The molecule has 0 spiro atoms. The van der Waals surface area contributed by atoms with Crippen molar-refractivity contribution >= 4 is 51.1 Å². The molecular weight excluding hydrogens is 539 g/mol. The molecule has 6 aromatic rings. The van der Waals surface area contributed by atoms with Gasteiger partial charge in [0.25, 0.3) is 5.91 Å². The quantitative estimate of drug-likeness (QED) is 0.211. The summed E-state index contributed by atoms with van der Waals surface area (Å²) in [6, 6.07) is 26.8.